The first-order chi connectivity index (χ1) is 35.3. The summed E-state index contributed by atoms with van der Waals surface area (Å²) in [6, 6.07) is 23.8. The zero-order valence-electron chi connectivity index (χ0n) is 42.2. The molecule has 0 radical (unpaired) electrons. The van der Waals surface area contributed by atoms with Gasteiger partial charge in [0, 0.05) is 89.0 Å². The molecule has 2 aliphatic rings. The van der Waals surface area contributed by atoms with Crippen LogP contribution in [-0.4, -0.2) is 155 Å². The van der Waals surface area contributed by atoms with Gasteiger partial charge in [-0.15, -0.1) is 0 Å². The van der Waals surface area contributed by atoms with Crippen LogP contribution < -0.4 is 41.4 Å². The van der Waals surface area contributed by atoms with Gasteiger partial charge in [-0.25, -0.2) is 44.7 Å². The Morgan fingerprint density at radius 3 is 1.68 bits per heavy atom. The van der Waals surface area contributed by atoms with Crippen LogP contribution in [0.2, 0.25) is 0 Å². The predicted octanol–water partition coefficient (Wildman–Crippen LogP) is 3.21. The number of carbonyl (C=O) groups is 2. The minimum atomic E-state index is -4.17. The molecule has 0 spiro atoms. The highest BCUT2D eigenvalue weighted by Crippen LogP contribution is 2.38. The highest BCUT2D eigenvalue weighted by atomic mass is 32.2. The van der Waals surface area contributed by atoms with Crippen LogP contribution in [0.25, 0.3) is 0 Å². The molecule has 22 nitrogen and oxygen atoms in total. The van der Waals surface area contributed by atoms with Crippen molar-refractivity contribution in [3.8, 4) is 23.0 Å². The molecule has 7 rings (SSSR count). The molecule has 1 amide bonds. The number of rotatable bonds is 21. The number of para-hydroxylation sites is 2. The number of ether oxygens (including phenoxy) is 2. The molecule has 412 valence electrons. The summed E-state index contributed by atoms with van der Waals surface area (Å²) >= 11 is 0. The maximum atomic E-state index is 12.9. The number of primary sulfonamides is 1. The fourth-order valence-electron chi connectivity index (χ4n) is 7.39. The van der Waals surface area contributed by atoms with Gasteiger partial charge in [0.1, 0.15) is 33.7 Å². The van der Waals surface area contributed by atoms with Crippen molar-refractivity contribution in [3.05, 3.63) is 115 Å². The Kier molecular flexibility index (Phi) is 24.7. The Hall–Kier alpha value is -5.81. The third kappa shape index (κ3) is 20.0. The van der Waals surface area contributed by atoms with Crippen LogP contribution in [0, 0.1) is 0 Å². The Labute approximate surface area is 442 Å². The topological polar surface area (TPSA) is 342 Å². The van der Waals surface area contributed by atoms with Gasteiger partial charge in [-0.1, -0.05) is 63.1 Å². The SMILES string of the molecule is CCCCNc1cc(C(=O)NCCN2CCS(=O)(=O)CC2)cc(S(N)=O)c1Oc1ccccc1.CCCCNc1cc(C(=O)n2ccnc2)cc(S(N)(=O)=O)c1Oc1ccccc1.NCCN1CCS(=O)(=O)CC1.O. The van der Waals surface area contributed by atoms with E-state index in [-0.39, 0.29) is 44.0 Å². The van der Waals surface area contributed by atoms with Crippen LogP contribution in [0.3, 0.4) is 0 Å². The van der Waals surface area contributed by atoms with Crippen molar-refractivity contribution in [1.82, 2.24) is 24.7 Å². The Bertz CT molecular complexity index is 2950. The molecule has 1 atom stereocenters. The fraction of sp³-hybridized carbons (Fsp3) is 0.408. The number of nitrogens with zero attached hydrogens (tertiary/aromatic N) is 4. The molecular formula is C49H70N10O12S4. The summed E-state index contributed by atoms with van der Waals surface area (Å²) < 4.78 is 95.2. The zero-order chi connectivity index (χ0) is 53.7. The summed E-state index contributed by atoms with van der Waals surface area (Å²) in [6.45, 7) is 9.92. The van der Waals surface area contributed by atoms with Crippen molar-refractivity contribution in [3.63, 3.8) is 0 Å². The minimum Gasteiger partial charge on any atom is -0.454 e. The number of aromatic nitrogens is 2. The number of anilines is 2. The molecule has 1 aromatic heterocycles. The van der Waals surface area contributed by atoms with Gasteiger partial charge >= 0.3 is 0 Å². The Balaban J connectivity index is 0.000000269. The van der Waals surface area contributed by atoms with Crippen molar-refractivity contribution < 1.29 is 54.0 Å². The van der Waals surface area contributed by atoms with E-state index in [2.05, 4.69) is 32.8 Å². The van der Waals surface area contributed by atoms with Crippen LogP contribution in [-0.2, 0) is 40.7 Å². The van der Waals surface area contributed by atoms with Crippen molar-refractivity contribution >= 4 is 63.9 Å². The van der Waals surface area contributed by atoms with E-state index in [4.69, 9.17) is 25.5 Å². The monoisotopic (exact) mass is 1120 g/mol. The van der Waals surface area contributed by atoms with Crippen LogP contribution in [0.15, 0.2) is 113 Å². The van der Waals surface area contributed by atoms with E-state index >= 15 is 0 Å². The lowest BCUT2D eigenvalue weighted by molar-refractivity contribution is 0.0944. The van der Waals surface area contributed by atoms with E-state index in [0.717, 1.165) is 32.2 Å². The number of amides is 1. The minimum absolute atomic E-state index is 0. The van der Waals surface area contributed by atoms with Crippen molar-refractivity contribution in [2.75, 3.05) is 99.1 Å². The van der Waals surface area contributed by atoms with Gasteiger partial charge in [-0.3, -0.25) is 19.1 Å². The lowest BCUT2D eigenvalue weighted by Crippen LogP contribution is -2.43. The van der Waals surface area contributed by atoms with E-state index in [1.807, 2.05) is 36.1 Å². The van der Waals surface area contributed by atoms with Crippen molar-refractivity contribution in [2.24, 2.45) is 16.0 Å². The molecule has 2 fully saturated rings. The molecule has 0 aliphatic carbocycles. The summed E-state index contributed by atoms with van der Waals surface area (Å²) in [5, 5.41) is 20.5. The number of nitrogens with two attached hydrogens (primary N) is 3. The molecule has 4 aromatic carbocycles. The number of unbranched alkanes of at least 4 members (excludes halogenated alkanes) is 2. The predicted molar refractivity (Wildman–Crippen MR) is 292 cm³/mol. The maximum absolute atomic E-state index is 12.9. The van der Waals surface area contributed by atoms with E-state index in [0.29, 0.717) is 105 Å². The first-order valence-electron chi connectivity index (χ1n) is 24.2. The number of hydrogen-bond acceptors (Lipinski definition) is 17. The number of sulfonamides is 1. The smallest absolute Gasteiger partial charge is 0.263 e. The van der Waals surface area contributed by atoms with Gasteiger partial charge in [0.05, 0.1) is 39.3 Å². The van der Waals surface area contributed by atoms with Crippen molar-refractivity contribution in [1.29, 1.82) is 0 Å². The van der Waals surface area contributed by atoms with Crippen LogP contribution >= 0.6 is 0 Å². The van der Waals surface area contributed by atoms with Gasteiger partial charge in [0.15, 0.2) is 31.2 Å². The average Bonchev–Trinajstić information content (AvgIpc) is 3.92. The lowest BCUT2D eigenvalue weighted by Gasteiger charge is -2.26. The molecule has 0 saturated carbocycles. The molecule has 2 saturated heterocycles. The van der Waals surface area contributed by atoms with E-state index < -0.39 is 46.6 Å². The number of hydrogen-bond donors (Lipinski definition) is 6. The van der Waals surface area contributed by atoms with Crippen LogP contribution in [0.1, 0.15) is 60.2 Å². The summed E-state index contributed by atoms with van der Waals surface area (Å²) in [6.07, 6.45) is 7.98. The summed E-state index contributed by atoms with van der Waals surface area (Å²) in [5.41, 5.74) is 6.71. The van der Waals surface area contributed by atoms with E-state index in [9.17, 15) is 39.1 Å². The van der Waals surface area contributed by atoms with Gasteiger partial charge in [-0.2, -0.15) is 0 Å². The first-order valence-corrected chi connectivity index (χ1v) is 30.6. The second-order valence-electron chi connectivity index (χ2n) is 17.2. The van der Waals surface area contributed by atoms with Crippen LogP contribution in [0.5, 0.6) is 23.0 Å². The first kappa shape index (κ1) is 61.7. The molecular weight excluding hydrogens is 1050 g/mol. The molecule has 0 bridgehead atoms. The Morgan fingerprint density at radius 1 is 0.720 bits per heavy atom. The lowest BCUT2D eigenvalue weighted by atomic mass is 10.1. The molecule has 11 N–H and O–H groups in total. The second kappa shape index (κ2) is 30.1. The molecule has 26 heteroatoms. The summed E-state index contributed by atoms with van der Waals surface area (Å²) in [4.78, 5) is 33.5. The summed E-state index contributed by atoms with van der Waals surface area (Å²) in [7, 11) is -11.7. The third-order valence-corrected chi connectivity index (χ3v) is 16.4. The molecule has 3 heterocycles. The van der Waals surface area contributed by atoms with Crippen molar-refractivity contribution in [2.45, 2.75) is 49.3 Å². The molecule has 2 aliphatic heterocycles. The quantitative estimate of drug-likeness (QED) is 0.0575. The average molecular weight is 1120 g/mol. The van der Waals surface area contributed by atoms with E-state index in [1.165, 1.54) is 35.4 Å². The number of sulfone groups is 2. The van der Waals surface area contributed by atoms with E-state index in [1.54, 1.807) is 48.5 Å². The van der Waals surface area contributed by atoms with Gasteiger partial charge in [0.2, 0.25) is 10.0 Å². The van der Waals surface area contributed by atoms with Gasteiger partial charge in [0.25, 0.3) is 11.8 Å². The highest BCUT2D eigenvalue weighted by Gasteiger charge is 2.26. The van der Waals surface area contributed by atoms with Gasteiger partial charge < -0.3 is 41.5 Å². The standard InChI is InChI=1S/C23H32N4O5S2.C20H22N4O4S.C6H14N2O2S.H2O/c1-2-3-9-25-20-16-18(23(28)26-10-11-27-12-14-34(30,31)15-13-27)17-21(33(24)29)22(20)32-19-7-5-4-6-8-19;1-2-3-9-23-17-12-15(20(25)24-11-10-22-14-24)13-18(29(21,26)27)19(17)28-16-7-5-4-6-8-16;7-1-2-8-3-5-11(9,10)6-4-8;/h4-8,16-17,25H,2-3,9-15,24H2,1H3,(H,26,28);4-8,10-14,23H,2-3,9H2,1H3,(H2,21,26,27);1-7H2;1H2. The highest BCUT2D eigenvalue weighted by molar-refractivity contribution is 7.91. The maximum Gasteiger partial charge on any atom is 0.263 e. The normalized spacial score (nSPS) is 15.5. The number of imidazole rings is 1. The fourth-order valence-corrected chi connectivity index (χ4v) is 11.2. The number of benzene rings is 4. The third-order valence-electron chi connectivity index (χ3n) is 11.5. The molecule has 5 aromatic rings. The molecule has 75 heavy (non-hydrogen) atoms. The summed E-state index contributed by atoms with van der Waals surface area (Å²) in [5.74, 6) is 1.51. The number of carbonyl (C=O) groups excluding carboxylic acids is 2. The van der Waals surface area contributed by atoms with Crippen LogP contribution in [0.4, 0.5) is 11.4 Å². The number of nitrogens with one attached hydrogen (secondary N) is 3. The molecule has 1 unspecified atom stereocenters. The zero-order valence-corrected chi connectivity index (χ0v) is 45.5. The second-order valence-corrected chi connectivity index (χ2v) is 24.4. The largest absolute Gasteiger partial charge is 0.454 e. The van der Waals surface area contributed by atoms with Gasteiger partial charge in [-0.05, 0) is 61.4 Å². The Morgan fingerprint density at radius 2 is 1.21 bits per heavy atom.